The highest BCUT2D eigenvalue weighted by Crippen LogP contribution is 2.52. The Balaban J connectivity index is 2.13. The minimum atomic E-state index is -0.635. The lowest BCUT2D eigenvalue weighted by Gasteiger charge is -2.55. The van der Waals surface area contributed by atoms with Gasteiger partial charge < -0.3 is 23.7 Å². The van der Waals surface area contributed by atoms with E-state index in [-0.39, 0.29) is 24.6 Å². The number of hydrogen-bond donors (Lipinski definition) is 0. The molecule has 1 aliphatic rings. The molecule has 6 heteroatoms. The Labute approximate surface area is 206 Å². The second-order valence-electron chi connectivity index (χ2n) is 11.2. The molecule has 0 saturated carbocycles. The van der Waals surface area contributed by atoms with Gasteiger partial charge in [0.05, 0.1) is 25.4 Å². The molecule has 1 unspecified atom stereocenters. The molecule has 1 aliphatic heterocycles. The third-order valence-electron chi connectivity index (χ3n) is 6.47. The first kappa shape index (κ1) is 28.6. The van der Waals surface area contributed by atoms with Crippen molar-refractivity contribution in [3.05, 3.63) is 28.8 Å². The molecule has 0 N–H and O–H groups in total. The van der Waals surface area contributed by atoms with Crippen LogP contribution in [0.25, 0.3) is 0 Å². The zero-order valence-electron chi connectivity index (χ0n) is 22.8. The van der Waals surface area contributed by atoms with E-state index in [1.54, 1.807) is 0 Å². The number of benzene rings is 1. The molecule has 1 heterocycles. The van der Waals surface area contributed by atoms with Gasteiger partial charge in [0.1, 0.15) is 24.4 Å². The lowest BCUT2D eigenvalue weighted by atomic mass is 9.62. The summed E-state index contributed by atoms with van der Waals surface area (Å²) in [7, 11) is 0. The molecule has 0 radical (unpaired) electrons. The van der Waals surface area contributed by atoms with Crippen molar-refractivity contribution >= 4 is 5.97 Å². The van der Waals surface area contributed by atoms with E-state index >= 15 is 0 Å². The van der Waals surface area contributed by atoms with Crippen molar-refractivity contribution in [2.75, 3.05) is 33.0 Å². The largest absolute Gasteiger partial charge is 0.489 e. The molecule has 1 atom stereocenters. The molecule has 1 saturated heterocycles. The van der Waals surface area contributed by atoms with Crippen LogP contribution in [0.4, 0.5) is 0 Å². The Kier molecular flexibility index (Phi) is 9.99. The van der Waals surface area contributed by atoms with Crippen LogP contribution in [0.15, 0.2) is 12.1 Å². The molecule has 1 aromatic carbocycles. The minimum Gasteiger partial charge on any atom is -0.489 e. The standard InChI is InChI=1S/C28H46O6/c1-10-30-16-22-14-21(20(3)4)15-23(17-31-11-2)24(22)32-12-13-33-25(29)28(18-26(5,6)7)19-34-27(28,8)9/h14-15,20H,10-13,16-19H2,1-9H3. The maximum absolute atomic E-state index is 13.2. The van der Waals surface area contributed by atoms with Crippen LogP contribution in [0, 0.1) is 10.8 Å². The highest BCUT2D eigenvalue weighted by molar-refractivity contribution is 5.80. The summed E-state index contributed by atoms with van der Waals surface area (Å²) in [4.78, 5) is 13.2. The molecule has 1 fully saturated rings. The van der Waals surface area contributed by atoms with Gasteiger partial charge in [-0.3, -0.25) is 4.79 Å². The SMILES string of the molecule is CCOCc1cc(C(C)C)cc(COCC)c1OCCOC(=O)C1(CC(C)(C)C)COC1(C)C. The number of ether oxygens (including phenoxy) is 5. The van der Waals surface area contributed by atoms with Crippen LogP contribution in [-0.2, 0) is 37.0 Å². The van der Waals surface area contributed by atoms with Gasteiger partial charge in [-0.2, -0.15) is 0 Å². The van der Waals surface area contributed by atoms with Crippen molar-refractivity contribution in [1.82, 2.24) is 0 Å². The van der Waals surface area contributed by atoms with Gasteiger partial charge in [0, 0.05) is 24.3 Å². The van der Waals surface area contributed by atoms with Gasteiger partial charge in [-0.25, -0.2) is 0 Å². The molecule has 6 nitrogen and oxygen atoms in total. The number of carbonyl (C=O) groups excluding carboxylic acids is 1. The van der Waals surface area contributed by atoms with Gasteiger partial charge in [-0.05, 0) is 63.1 Å². The quantitative estimate of drug-likeness (QED) is 0.255. The van der Waals surface area contributed by atoms with Crippen LogP contribution in [-0.4, -0.2) is 44.6 Å². The van der Waals surface area contributed by atoms with Crippen LogP contribution in [0.1, 0.15) is 91.3 Å². The van der Waals surface area contributed by atoms with Crippen molar-refractivity contribution in [2.24, 2.45) is 10.8 Å². The molecule has 0 aromatic heterocycles. The van der Waals surface area contributed by atoms with Crippen LogP contribution in [0.5, 0.6) is 5.75 Å². The second kappa shape index (κ2) is 11.9. The lowest BCUT2D eigenvalue weighted by molar-refractivity contribution is -0.262. The number of carbonyl (C=O) groups is 1. The topological polar surface area (TPSA) is 63.2 Å². The normalized spacial score (nSPS) is 19.7. The highest BCUT2D eigenvalue weighted by atomic mass is 16.6. The number of hydrogen-bond acceptors (Lipinski definition) is 6. The molecule has 1 aromatic rings. The summed E-state index contributed by atoms with van der Waals surface area (Å²) in [5.41, 5.74) is 2.01. The second-order valence-corrected chi connectivity index (χ2v) is 11.2. The molecule has 0 aliphatic carbocycles. The summed E-state index contributed by atoms with van der Waals surface area (Å²) < 4.78 is 29.1. The fourth-order valence-corrected chi connectivity index (χ4v) is 4.44. The van der Waals surface area contributed by atoms with E-state index in [1.807, 2.05) is 27.7 Å². The Bertz CT molecular complexity index is 779. The summed E-state index contributed by atoms with van der Waals surface area (Å²) in [6, 6.07) is 4.29. The molecule has 34 heavy (non-hydrogen) atoms. The molecule has 0 amide bonds. The van der Waals surface area contributed by atoms with Crippen LogP contribution < -0.4 is 4.74 Å². The van der Waals surface area contributed by atoms with E-state index in [2.05, 4.69) is 46.8 Å². The molecular weight excluding hydrogens is 432 g/mol. The van der Waals surface area contributed by atoms with E-state index in [0.717, 1.165) is 16.9 Å². The Morgan fingerprint density at radius 1 is 1.03 bits per heavy atom. The maximum Gasteiger partial charge on any atom is 0.317 e. The van der Waals surface area contributed by atoms with E-state index in [0.29, 0.717) is 45.4 Å². The van der Waals surface area contributed by atoms with Gasteiger partial charge in [0.2, 0.25) is 0 Å². The zero-order valence-corrected chi connectivity index (χ0v) is 22.8. The van der Waals surface area contributed by atoms with Gasteiger partial charge in [0.15, 0.2) is 0 Å². The van der Waals surface area contributed by atoms with Gasteiger partial charge in [-0.15, -0.1) is 0 Å². The van der Waals surface area contributed by atoms with Crippen LogP contribution in [0.2, 0.25) is 0 Å². The van der Waals surface area contributed by atoms with Crippen LogP contribution in [0.3, 0.4) is 0 Å². The lowest BCUT2D eigenvalue weighted by Crippen LogP contribution is -2.65. The third kappa shape index (κ3) is 6.96. The molecule has 194 valence electrons. The Morgan fingerprint density at radius 2 is 1.59 bits per heavy atom. The van der Waals surface area contributed by atoms with Gasteiger partial charge >= 0.3 is 5.97 Å². The Hall–Kier alpha value is -1.63. The van der Waals surface area contributed by atoms with E-state index < -0.39 is 11.0 Å². The van der Waals surface area contributed by atoms with Crippen molar-refractivity contribution in [1.29, 1.82) is 0 Å². The first-order chi connectivity index (χ1) is 15.9. The fraction of sp³-hybridized carbons (Fsp3) is 0.750. The average Bonchev–Trinajstić information content (AvgIpc) is 2.76. The number of esters is 1. The monoisotopic (exact) mass is 478 g/mol. The summed E-state index contributed by atoms with van der Waals surface area (Å²) in [5.74, 6) is 0.934. The summed E-state index contributed by atoms with van der Waals surface area (Å²) in [5, 5.41) is 0. The molecular formula is C28H46O6. The smallest absolute Gasteiger partial charge is 0.317 e. The molecule has 2 rings (SSSR count). The highest BCUT2D eigenvalue weighted by Gasteiger charge is 2.62. The predicted octanol–water partition coefficient (Wildman–Crippen LogP) is 6.04. The molecule has 0 spiro atoms. The van der Waals surface area contributed by atoms with Gasteiger partial charge in [-0.1, -0.05) is 34.6 Å². The average molecular weight is 479 g/mol. The molecule has 0 bridgehead atoms. The minimum absolute atomic E-state index is 0.0168. The first-order valence-electron chi connectivity index (χ1n) is 12.6. The third-order valence-corrected chi connectivity index (χ3v) is 6.47. The summed E-state index contributed by atoms with van der Waals surface area (Å²) in [6.45, 7) is 21.7. The maximum atomic E-state index is 13.2. The van der Waals surface area contributed by atoms with E-state index in [1.165, 1.54) is 5.56 Å². The van der Waals surface area contributed by atoms with E-state index in [9.17, 15) is 4.79 Å². The van der Waals surface area contributed by atoms with Crippen molar-refractivity contribution in [2.45, 2.75) is 93.5 Å². The fourth-order valence-electron chi connectivity index (χ4n) is 4.44. The van der Waals surface area contributed by atoms with Crippen molar-refractivity contribution in [3.8, 4) is 5.75 Å². The van der Waals surface area contributed by atoms with Crippen molar-refractivity contribution < 1.29 is 28.5 Å². The van der Waals surface area contributed by atoms with Crippen LogP contribution >= 0.6 is 0 Å². The zero-order chi connectivity index (χ0) is 25.6. The number of rotatable bonds is 13. The van der Waals surface area contributed by atoms with Gasteiger partial charge in [0.25, 0.3) is 0 Å². The summed E-state index contributed by atoms with van der Waals surface area (Å²) in [6.07, 6.45) is 0.709. The Morgan fingerprint density at radius 3 is 1.97 bits per heavy atom. The summed E-state index contributed by atoms with van der Waals surface area (Å²) >= 11 is 0. The van der Waals surface area contributed by atoms with Crippen molar-refractivity contribution in [3.63, 3.8) is 0 Å². The predicted molar refractivity (Wildman–Crippen MR) is 134 cm³/mol. The first-order valence-corrected chi connectivity index (χ1v) is 12.6. The van der Waals surface area contributed by atoms with E-state index in [4.69, 9.17) is 23.7 Å².